The van der Waals surface area contributed by atoms with Crippen LogP contribution in [-0.4, -0.2) is 12.1 Å². The van der Waals surface area contributed by atoms with Crippen LogP contribution >= 0.6 is 15.9 Å². The Kier molecular flexibility index (Phi) is 4.03. The lowest BCUT2D eigenvalue weighted by Crippen LogP contribution is -1.97. The average molecular weight is 318 g/mol. The molecule has 1 aromatic carbocycles. The lowest BCUT2D eigenvalue weighted by atomic mass is 10.2. The molecule has 0 unspecified atom stereocenters. The summed E-state index contributed by atoms with van der Waals surface area (Å²) in [7, 11) is 1.57. The van der Waals surface area contributed by atoms with E-state index in [1.54, 1.807) is 31.5 Å². The second-order valence-electron chi connectivity index (χ2n) is 3.97. The number of pyridine rings is 1. The molecule has 0 fully saturated rings. The second-order valence-corrected chi connectivity index (χ2v) is 4.82. The molecule has 0 spiro atoms. The molecule has 0 saturated carbocycles. The Morgan fingerprint density at radius 3 is 2.79 bits per heavy atom. The minimum atomic E-state index is 0.558. The van der Waals surface area contributed by atoms with Crippen molar-refractivity contribution in [3.63, 3.8) is 0 Å². The van der Waals surface area contributed by atoms with Crippen LogP contribution in [0, 0.1) is 18.3 Å². The van der Waals surface area contributed by atoms with Crippen LogP contribution in [0.25, 0.3) is 0 Å². The van der Waals surface area contributed by atoms with E-state index in [-0.39, 0.29) is 0 Å². The number of halogens is 1. The third-order valence-electron chi connectivity index (χ3n) is 2.64. The van der Waals surface area contributed by atoms with Crippen molar-refractivity contribution in [2.75, 3.05) is 12.4 Å². The quantitative estimate of drug-likeness (QED) is 0.936. The van der Waals surface area contributed by atoms with Crippen LogP contribution in [0.1, 0.15) is 11.1 Å². The first kappa shape index (κ1) is 13.4. The molecular weight excluding hydrogens is 306 g/mol. The SMILES string of the molecule is COc1cc(C#N)ccc1Nc1cc(C)c(Br)cn1. The highest BCUT2D eigenvalue weighted by atomic mass is 79.9. The smallest absolute Gasteiger partial charge is 0.143 e. The molecule has 96 valence electrons. The van der Waals surface area contributed by atoms with E-state index >= 15 is 0 Å². The van der Waals surface area contributed by atoms with Gasteiger partial charge in [0.25, 0.3) is 0 Å². The fraction of sp³-hybridized carbons (Fsp3) is 0.143. The van der Waals surface area contributed by atoms with Crippen LogP contribution in [0.4, 0.5) is 11.5 Å². The van der Waals surface area contributed by atoms with Crippen molar-refractivity contribution in [3.05, 3.63) is 46.1 Å². The highest BCUT2D eigenvalue weighted by Gasteiger charge is 2.06. The Hall–Kier alpha value is -2.06. The maximum atomic E-state index is 8.86. The molecule has 0 bridgehead atoms. The third-order valence-corrected chi connectivity index (χ3v) is 3.47. The predicted molar refractivity (Wildman–Crippen MR) is 77.7 cm³/mol. The van der Waals surface area contributed by atoms with Crippen LogP contribution in [-0.2, 0) is 0 Å². The number of aromatic nitrogens is 1. The molecule has 0 amide bonds. The maximum absolute atomic E-state index is 8.86. The van der Waals surface area contributed by atoms with Crippen molar-refractivity contribution in [2.45, 2.75) is 6.92 Å². The number of methoxy groups -OCH3 is 1. The normalized spacial score (nSPS) is 9.79. The maximum Gasteiger partial charge on any atom is 0.143 e. The highest BCUT2D eigenvalue weighted by Crippen LogP contribution is 2.28. The number of hydrogen-bond acceptors (Lipinski definition) is 4. The van der Waals surface area contributed by atoms with Gasteiger partial charge in [0, 0.05) is 16.7 Å². The number of ether oxygens (including phenoxy) is 1. The van der Waals surface area contributed by atoms with Crippen LogP contribution in [0.3, 0.4) is 0 Å². The van der Waals surface area contributed by atoms with E-state index in [0.717, 1.165) is 21.5 Å². The van der Waals surface area contributed by atoms with E-state index in [1.807, 2.05) is 13.0 Å². The van der Waals surface area contributed by atoms with Gasteiger partial charge < -0.3 is 10.1 Å². The van der Waals surface area contributed by atoms with Gasteiger partial charge in [0.15, 0.2) is 0 Å². The van der Waals surface area contributed by atoms with Crippen molar-refractivity contribution < 1.29 is 4.74 Å². The van der Waals surface area contributed by atoms with Gasteiger partial charge in [-0.25, -0.2) is 4.98 Å². The zero-order valence-electron chi connectivity index (χ0n) is 10.6. The monoisotopic (exact) mass is 317 g/mol. The van der Waals surface area contributed by atoms with Crippen molar-refractivity contribution in [1.29, 1.82) is 5.26 Å². The molecule has 0 aliphatic rings. The second kappa shape index (κ2) is 5.72. The number of hydrogen-bond donors (Lipinski definition) is 1. The zero-order chi connectivity index (χ0) is 13.8. The molecular formula is C14H12BrN3O. The summed E-state index contributed by atoms with van der Waals surface area (Å²) in [6, 6.07) is 9.24. The molecule has 4 nitrogen and oxygen atoms in total. The number of benzene rings is 1. The number of rotatable bonds is 3. The topological polar surface area (TPSA) is 57.9 Å². The van der Waals surface area contributed by atoms with Gasteiger partial charge in [-0.05, 0) is 46.6 Å². The Morgan fingerprint density at radius 1 is 1.37 bits per heavy atom. The molecule has 0 aliphatic carbocycles. The molecule has 2 rings (SSSR count). The van der Waals surface area contributed by atoms with Crippen molar-refractivity contribution >= 4 is 27.4 Å². The van der Waals surface area contributed by atoms with Gasteiger partial charge in [-0.2, -0.15) is 5.26 Å². The van der Waals surface area contributed by atoms with Gasteiger partial charge in [0.05, 0.1) is 24.4 Å². The lowest BCUT2D eigenvalue weighted by Gasteiger charge is -2.11. The third kappa shape index (κ3) is 3.04. The summed E-state index contributed by atoms with van der Waals surface area (Å²) in [4.78, 5) is 4.27. The van der Waals surface area contributed by atoms with Gasteiger partial charge >= 0.3 is 0 Å². The van der Waals surface area contributed by atoms with E-state index in [4.69, 9.17) is 10.00 Å². The van der Waals surface area contributed by atoms with Crippen LogP contribution in [0.5, 0.6) is 5.75 Å². The average Bonchev–Trinajstić information content (AvgIpc) is 2.43. The number of nitrogens with zero attached hydrogens (tertiary/aromatic N) is 2. The molecule has 5 heteroatoms. The van der Waals surface area contributed by atoms with Crippen LogP contribution in [0.15, 0.2) is 34.9 Å². The summed E-state index contributed by atoms with van der Waals surface area (Å²) >= 11 is 3.41. The van der Waals surface area contributed by atoms with Crippen molar-refractivity contribution in [1.82, 2.24) is 4.98 Å². The van der Waals surface area contributed by atoms with Gasteiger partial charge in [-0.3, -0.25) is 0 Å². The lowest BCUT2D eigenvalue weighted by molar-refractivity contribution is 0.416. The standard InChI is InChI=1S/C14H12BrN3O/c1-9-5-14(17-8-11(9)15)18-12-4-3-10(7-16)6-13(12)19-2/h3-6,8H,1-2H3,(H,17,18). The molecule has 0 atom stereocenters. The Balaban J connectivity index is 2.32. The molecule has 1 N–H and O–H groups in total. The van der Waals surface area contributed by atoms with E-state index in [0.29, 0.717) is 11.3 Å². The minimum Gasteiger partial charge on any atom is -0.495 e. The van der Waals surface area contributed by atoms with Gasteiger partial charge in [-0.15, -0.1) is 0 Å². The van der Waals surface area contributed by atoms with E-state index in [1.165, 1.54) is 0 Å². The summed E-state index contributed by atoms with van der Waals surface area (Å²) in [6.45, 7) is 1.99. The fourth-order valence-corrected chi connectivity index (χ4v) is 1.83. The number of nitrogens with one attached hydrogen (secondary N) is 1. The van der Waals surface area contributed by atoms with Gasteiger partial charge in [0.1, 0.15) is 11.6 Å². The summed E-state index contributed by atoms with van der Waals surface area (Å²) < 4.78 is 6.23. The van der Waals surface area contributed by atoms with Crippen LogP contribution < -0.4 is 10.1 Å². The first-order valence-electron chi connectivity index (χ1n) is 5.61. The van der Waals surface area contributed by atoms with Crippen molar-refractivity contribution in [3.8, 4) is 11.8 Å². The zero-order valence-corrected chi connectivity index (χ0v) is 12.2. The van der Waals surface area contributed by atoms with Crippen LogP contribution in [0.2, 0.25) is 0 Å². The van der Waals surface area contributed by atoms with Gasteiger partial charge in [0.2, 0.25) is 0 Å². The Bertz CT molecular complexity index is 650. The van der Waals surface area contributed by atoms with Gasteiger partial charge in [-0.1, -0.05) is 0 Å². The van der Waals surface area contributed by atoms with E-state index < -0.39 is 0 Å². The molecule has 1 heterocycles. The summed E-state index contributed by atoms with van der Waals surface area (Å²) in [5, 5.41) is 12.0. The summed E-state index contributed by atoms with van der Waals surface area (Å²) in [5.74, 6) is 1.34. The van der Waals surface area contributed by atoms with Crippen molar-refractivity contribution in [2.24, 2.45) is 0 Å². The summed E-state index contributed by atoms with van der Waals surface area (Å²) in [6.07, 6.45) is 1.74. The number of anilines is 2. The number of aryl methyl sites for hydroxylation is 1. The first-order chi connectivity index (χ1) is 9.13. The Morgan fingerprint density at radius 2 is 2.16 bits per heavy atom. The largest absolute Gasteiger partial charge is 0.495 e. The predicted octanol–water partition coefficient (Wildman–Crippen LogP) is 3.78. The molecule has 19 heavy (non-hydrogen) atoms. The van der Waals surface area contributed by atoms with E-state index in [2.05, 4.69) is 32.3 Å². The molecule has 2 aromatic rings. The van der Waals surface area contributed by atoms with E-state index in [9.17, 15) is 0 Å². The fourth-order valence-electron chi connectivity index (χ4n) is 1.61. The molecule has 1 aromatic heterocycles. The molecule has 0 radical (unpaired) electrons. The highest BCUT2D eigenvalue weighted by molar-refractivity contribution is 9.10. The summed E-state index contributed by atoms with van der Waals surface area (Å²) in [5.41, 5.74) is 2.42. The minimum absolute atomic E-state index is 0.558. The molecule has 0 saturated heterocycles. The first-order valence-corrected chi connectivity index (χ1v) is 6.40. The Labute approximate surface area is 120 Å². The number of nitriles is 1. The molecule has 0 aliphatic heterocycles.